The van der Waals surface area contributed by atoms with E-state index in [2.05, 4.69) is 18.8 Å². The van der Waals surface area contributed by atoms with Gasteiger partial charge >= 0.3 is 0 Å². The topological polar surface area (TPSA) is 33.1 Å². The number of halogens is 2. The second-order valence-corrected chi connectivity index (χ2v) is 7.01. The van der Waals surface area contributed by atoms with E-state index < -0.39 is 5.82 Å². The molecule has 1 N–H and O–H groups in total. The van der Waals surface area contributed by atoms with Gasteiger partial charge < -0.3 is 5.11 Å². The smallest absolute Gasteiger partial charge is 0.168 e. The molecule has 2 nitrogen and oxygen atoms in total. The van der Waals surface area contributed by atoms with Crippen molar-refractivity contribution in [2.45, 2.75) is 46.0 Å². The van der Waals surface area contributed by atoms with Gasteiger partial charge in [0, 0.05) is 17.3 Å². The van der Waals surface area contributed by atoms with Crippen LogP contribution in [0.3, 0.4) is 0 Å². The van der Waals surface area contributed by atoms with Crippen LogP contribution in [0.15, 0.2) is 18.3 Å². The zero-order valence-corrected chi connectivity index (χ0v) is 14.3. The lowest BCUT2D eigenvalue weighted by Gasteiger charge is -2.25. The molecule has 23 heavy (non-hydrogen) atoms. The molecule has 2 aromatic rings. The highest BCUT2D eigenvalue weighted by molar-refractivity contribution is 6.29. The molecule has 0 saturated heterocycles. The number of rotatable bonds is 3. The average molecular weight is 334 g/mol. The Bertz CT molecular complexity index is 743. The molecule has 1 aromatic heterocycles. The van der Waals surface area contributed by atoms with Gasteiger partial charge in [0.25, 0.3) is 0 Å². The molecule has 3 rings (SSSR count). The number of pyridine rings is 1. The largest absolute Gasteiger partial charge is 0.507 e. The van der Waals surface area contributed by atoms with E-state index >= 15 is 0 Å². The molecule has 0 saturated carbocycles. The van der Waals surface area contributed by atoms with E-state index in [9.17, 15) is 9.50 Å². The van der Waals surface area contributed by atoms with Crippen molar-refractivity contribution in [1.29, 1.82) is 0 Å². The van der Waals surface area contributed by atoms with E-state index in [4.69, 9.17) is 11.6 Å². The molecule has 0 amide bonds. The Morgan fingerprint density at radius 3 is 2.78 bits per heavy atom. The molecule has 1 aromatic carbocycles. The number of phenols is 1. The lowest BCUT2D eigenvalue weighted by atomic mass is 9.81. The van der Waals surface area contributed by atoms with Crippen molar-refractivity contribution in [3.05, 3.63) is 46.0 Å². The molecular weight excluding hydrogens is 313 g/mol. The van der Waals surface area contributed by atoms with Crippen LogP contribution in [0.1, 0.15) is 43.4 Å². The van der Waals surface area contributed by atoms with Gasteiger partial charge in [-0.25, -0.2) is 9.37 Å². The highest BCUT2D eigenvalue weighted by Gasteiger charge is 2.24. The predicted molar refractivity (Wildman–Crippen MR) is 91.5 cm³/mol. The second-order valence-electron chi connectivity index (χ2n) is 6.66. The van der Waals surface area contributed by atoms with Gasteiger partial charge in [-0.15, -0.1) is 0 Å². The van der Waals surface area contributed by atoms with E-state index in [1.165, 1.54) is 17.3 Å². The normalized spacial score (nSPS) is 14.1. The third-order valence-electron chi connectivity index (χ3n) is 4.47. The minimum Gasteiger partial charge on any atom is -0.507 e. The first-order valence-corrected chi connectivity index (χ1v) is 8.53. The fourth-order valence-corrected chi connectivity index (χ4v) is 3.68. The first-order valence-electron chi connectivity index (χ1n) is 8.16. The average Bonchev–Trinajstić information content (AvgIpc) is 2.50. The minimum atomic E-state index is -0.565. The molecule has 0 radical (unpaired) electrons. The highest BCUT2D eigenvalue weighted by atomic mass is 35.5. The first-order chi connectivity index (χ1) is 11.0. The van der Waals surface area contributed by atoms with Gasteiger partial charge in [-0.3, -0.25) is 0 Å². The van der Waals surface area contributed by atoms with Crippen LogP contribution < -0.4 is 0 Å². The van der Waals surface area contributed by atoms with Crippen LogP contribution in [-0.2, 0) is 19.3 Å². The maximum Gasteiger partial charge on any atom is 0.168 e. The second kappa shape index (κ2) is 6.48. The zero-order valence-electron chi connectivity index (χ0n) is 13.5. The molecule has 1 heterocycles. The van der Waals surface area contributed by atoms with Crippen molar-refractivity contribution in [2.75, 3.05) is 0 Å². The van der Waals surface area contributed by atoms with Gasteiger partial charge in [0.05, 0.1) is 0 Å². The van der Waals surface area contributed by atoms with Crippen molar-refractivity contribution in [3.8, 4) is 16.9 Å². The summed E-state index contributed by atoms with van der Waals surface area (Å²) in [6, 6.07) is 3.40. The first kappa shape index (κ1) is 16.3. The summed E-state index contributed by atoms with van der Waals surface area (Å²) in [5.41, 5.74) is 4.47. The molecule has 0 aliphatic heterocycles. The number of fused-ring (bicyclic) bond motifs is 1. The van der Waals surface area contributed by atoms with Gasteiger partial charge in [-0.2, -0.15) is 0 Å². The summed E-state index contributed by atoms with van der Waals surface area (Å²) in [6.45, 7) is 4.28. The molecule has 1 aliphatic rings. The maximum atomic E-state index is 14.5. The van der Waals surface area contributed by atoms with E-state index in [1.54, 1.807) is 12.1 Å². The molecule has 0 fully saturated rings. The quantitative estimate of drug-likeness (QED) is 0.771. The highest BCUT2D eigenvalue weighted by Crippen LogP contribution is 2.42. The standard InChI is InChI=1S/C19H21ClFNO/c1-11(2)9-15-13-6-4-3-5-12(13)10-16(23)17(15)14-7-8-22-19(20)18(14)21/h7-8,10-11,23H,3-6,9H2,1-2H3. The number of aromatic hydroxyl groups is 1. The summed E-state index contributed by atoms with van der Waals surface area (Å²) < 4.78 is 14.5. The molecule has 0 spiro atoms. The van der Waals surface area contributed by atoms with Gasteiger partial charge in [-0.1, -0.05) is 25.4 Å². The van der Waals surface area contributed by atoms with E-state index in [1.807, 2.05) is 0 Å². The summed E-state index contributed by atoms with van der Waals surface area (Å²) in [4.78, 5) is 3.78. The van der Waals surface area contributed by atoms with Crippen LogP contribution in [0.25, 0.3) is 11.1 Å². The predicted octanol–water partition coefficient (Wildman–Crippen LogP) is 5.32. The molecular formula is C19H21ClFNO. The van der Waals surface area contributed by atoms with E-state index in [0.717, 1.165) is 37.7 Å². The van der Waals surface area contributed by atoms with Crippen molar-refractivity contribution < 1.29 is 9.50 Å². The molecule has 0 atom stereocenters. The summed E-state index contributed by atoms with van der Waals surface area (Å²) in [5, 5.41) is 10.4. The number of aromatic nitrogens is 1. The number of nitrogens with zero attached hydrogens (tertiary/aromatic N) is 1. The number of aryl methyl sites for hydroxylation is 1. The lowest BCUT2D eigenvalue weighted by Crippen LogP contribution is -2.10. The zero-order chi connectivity index (χ0) is 16.6. The number of phenolic OH excluding ortho intramolecular Hbond substituents is 1. The van der Waals surface area contributed by atoms with Gasteiger partial charge in [0.2, 0.25) is 0 Å². The van der Waals surface area contributed by atoms with E-state index in [0.29, 0.717) is 17.0 Å². The van der Waals surface area contributed by atoms with Gasteiger partial charge in [0.1, 0.15) is 5.75 Å². The minimum absolute atomic E-state index is 0.141. The fraction of sp³-hybridized carbons (Fsp3) is 0.421. The third kappa shape index (κ3) is 3.07. The van der Waals surface area contributed by atoms with Crippen molar-refractivity contribution in [1.82, 2.24) is 4.98 Å². The molecule has 0 bridgehead atoms. The van der Waals surface area contributed by atoms with Crippen LogP contribution in [0.5, 0.6) is 5.75 Å². The summed E-state index contributed by atoms with van der Waals surface area (Å²) in [5.74, 6) is -0.00496. The Balaban J connectivity index is 2.28. The maximum absolute atomic E-state index is 14.5. The Morgan fingerprint density at radius 2 is 2.04 bits per heavy atom. The van der Waals surface area contributed by atoms with Crippen LogP contribution in [0, 0.1) is 11.7 Å². The Labute approximate surface area is 141 Å². The molecule has 4 heteroatoms. The van der Waals surface area contributed by atoms with Crippen molar-refractivity contribution in [3.63, 3.8) is 0 Å². The molecule has 1 aliphatic carbocycles. The molecule has 0 unspecified atom stereocenters. The van der Waals surface area contributed by atoms with Crippen LogP contribution in [0.4, 0.5) is 4.39 Å². The van der Waals surface area contributed by atoms with Crippen LogP contribution in [0.2, 0.25) is 5.15 Å². The number of hydrogen-bond donors (Lipinski definition) is 1. The van der Waals surface area contributed by atoms with Crippen molar-refractivity contribution >= 4 is 11.6 Å². The Kier molecular flexibility index (Phi) is 4.58. The summed E-state index contributed by atoms with van der Waals surface area (Å²) in [6.07, 6.45) is 6.55. The third-order valence-corrected chi connectivity index (χ3v) is 4.74. The fourth-order valence-electron chi connectivity index (χ4n) is 3.52. The van der Waals surface area contributed by atoms with Gasteiger partial charge in [-0.05, 0) is 66.8 Å². The number of benzene rings is 1. The lowest BCUT2D eigenvalue weighted by molar-refractivity contribution is 0.472. The molecule has 122 valence electrons. The Hall–Kier alpha value is -1.61. The monoisotopic (exact) mass is 333 g/mol. The number of hydrogen-bond acceptors (Lipinski definition) is 2. The summed E-state index contributed by atoms with van der Waals surface area (Å²) >= 11 is 5.85. The van der Waals surface area contributed by atoms with Crippen LogP contribution >= 0.6 is 11.6 Å². The van der Waals surface area contributed by atoms with Gasteiger partial charge in [0.15, 0.2) is 11.0 Å². The summed E-state index contributed by atoms with van der Waals surface area (Å²) in [7, 11) is 0. The SMILES string of the molecule is CC(C)Cc1c2c(cc(O)c1-c1ccnc(Cl)c1F)CCCC2. The Morgan fingerprint density at radius 1 is 1.30 bits per heavy atom. The van der Waals surface area contributed by atoms with Crippen LogP contribution in [-0.4, -0.2) is 10.1 Å². The van der Waals surface area contributed by atoms with Crippen molar-refractivity contribution in [2.24, 2.45) is 5.92 Å². The van der Waals surface area contributed by atoms with E-state index in [-0.39, 0.29) is 10.9 Å².